The van der Waals surface area contributed by atoms with E-state index in [1.165, 1.54) is 31.3 Å². The van der Waals surface area contributed by atoms with Crippen LogP contribution >= 0.6 is 11.3 Å². The van der Waals surface area contributed by atoms with Crippen molar-refractivity contribution in [2.45, 2.75) is 38.9 Å². The zero-order chi connectivity index (χ0) is 22.2. The number of aromatic nitrogens is 6. The lowest BCUT2D eigenvalue weighted by atomic mass is 10.1. The minimum Gasteiger partial charge on any atom is -0.317 e. The highest BCUT2D eigenvalue weighted by atomic mass is 32.1. The minimum atomic E-state index is -0.403. The molecule has 1 N–H and O–H groups in total. The van der Waals surface area contributed by atoms with E-state index in [1.807, 2.05) is 6.92 Å². The van der Waals surface area contributed by atoms with Gasteiger partial charge in [0.15, 0.2) is 5.82 Å². The van der Waals surface area contributed by atoms with E-state index in [2.05, 4.69) is 20.7 Å². The number of hydrogen-bond acceptors (Lipinski definition) is 7. The molecule has 9 nitrogen and oxygen atoms in total. The van der Waals surface area contributed by atoms with Crippen LogP contribution < -0.4 is 16.6 Å². The topological polar surface area (TPSA) is 99.6 Å². The summed E-state index contributed by atoms with van der Waals surface area (Å²) in [4.78, 5) is 29.0. The summed E-state index contributed by atoms with van der Waals surface area (Å²) in [6.07, 6.45) is 1.38. The summed E-state index contributed by atoms with van der Waals surface area (Å²) in [5.74, 6) is 0.00332. The molecular formula is C21H22FN7O2S. The molecule has 0 atom stereocenters. The van der Waals surface area contributed by atoms with Gasteiger partial charge in [-0.3, -0.25) is 13.9 Å². The third-order valence-corrected chi connectivity index (χ3v) is 6.89. The van der Waals surface area contributed by atoms with Crippen molar-refractivity contribution >= 4 is 21.6 Å². The number of rotatable bonds is 5. The summed E-state index contributed by atoms with van der Waals surface area (Å²) in [7, 11) is 0. The van der Waals surface area contributed by atoms with Gasteiger partial charge in [0.2, 0.25) is 0 Å². The molecule has 3 aromatic heterocycles. The minimum absolute atomic E-state index is 0.0774. The van der Waals surface area contributed by atoms with E-state index in [4.69, 9.17) is 0 Å². The van der Waals surface area contributed by atoms with Gasteiger partial charge in [0.25, 0.3) is 5.56 Å². The van der Waals surface area contributed by atoms with E-state index in [0.717, 1.165) is 13.1 Å². The van der Waals surface area contributed by atoms with Crippen molar-refractivity contribution in [1.29, 1.82) is 0 Å². The summed E-state index contributed by atoms with van der Waals surface area (Å²) < 4.78 is 17.7. The molecule has 5 rings (SSSR count). The standard InChI is InChI=1S/C21H22FN7O2S/c1-2-28-25-18(24-26-28)12-27-16-11-17(14-5-3-4-6-15(14)22)32-19(16)20(30)29(21(27)31)13-7-9-23-10-8-13/h3-6,11,13,23H,2,7-10,12H2,1H3. The number of piperidine rings is 1. The Kier molecular flexibility index (Phi) is 5.43. The maximum absolute atomic E-state index is 14.5. The van der Waals surface area contributed by atoms with Gasteiger partial charge in [-0.15, -0.1) is 21.5 Å². The zero-order valence-electron chi connectivity index (χ0n) is 17.5. The molecular weight excluding hydrogens is 433 g/mol. The summed E-state index contributed by atoms with van der Waals surface area (Å²) in [6, 6.07) is 7.93. The van der Waals surface area contributed by atoms with Crippen LogP contribution in [-0.4, -0.2) is 42.4 Å². The largest absolute Gasteiger partial charge is 0.332 e. The summed E-state index contributed by atoms with van der Waals surface area (Å²) in [5, 5.41) is 15.6. The van der Waals surface area contributed by atoms with E-state index in [1.54, 1.807) is 24.3 Å². The highest BCUT2D eigenvalue weighted by molar-refractivity contribution is 7.22. The van der Waals surface area contributed by atoms with Crippen molar-refractivity contribution in [3.8, 4) is 10.4 Å². The molecule has 166 valence electrons. The third kappa shape index (κ3) is 3.56. The van der Waals surface area contributed by atoms with Crippen molar-refractivity contribution in [3.05, 3.63) is 62.8 Å². The van der Waals surface area contributed by atoms with Crippen molar-refractivity contribution in [1.82, 2.24) is 34.7 Å². The Hall–Kier alpha value is -3.18. The molecule has 0 spiro atoms. The van der Waals surface area contributed by atoms with Crippen molar-refractivity contribution < 1.29 is 4.39 Å². The predicted molar refractivity (Wildman–Crippen MR) is 119 cm³/mol. The second-order valence-corrected chi connectivity index (χ2v) is 8.78. The van der Waals surface area contributed by atoms with E-state index in [-0.39, 0.29) is 24.0 Å². The molecule has 0 aliphatic carbocycles. The number of hydrogen-bond donors (Lipinski definition) is 1. The van der Waals surface area contributed by atoms with Gasteiger partial charge in [-0.05, 0) is 50.2 Å². The first-order valence-electron chi connectivity index (χ1n) is 10.6. The molecule has 1 saturated heterocycles. The van der Waals surface area contributed by atoms with Gasteiger partial charge in [0, 0.05) is 16.5 Å². The molecule has 0 saturated carbocycles. The van der Waals surface area contributed by atoms with Crippen LogP contribution in [0.4, 0.5) is 4.39 Å². The van der Waals surface area contributed by atoms with Crippen molar-refractivity contribution in [2.75, 3.05) is 13.1 Å². The van der Waals surface area contributed by atoms with Gasteiger partial charge in [-0.2, -0.15) is 4.80 Å². The van der Waals surface area contributed by atoms with Crippen LogP contribution in [0.3, 0.4) is 0 Å². The lowest BCUT2D eigenvalue weighted by Gasteiger charge is -2.24. The predicted octanol–water partition coefficient (Wildman–Crippen LogP) is 2.01. The maximum Gasteiger partial charge on any atom is 0.332 e. The summed E-state index contributed by atoms with van der Waals surface area (Å²) in [5.41, 5.74) is 0.128. The number of fused-ring (bicyclic) bond motifs is 1. The van der Waals surface area contributed by atoms with Crippen LogP contribution in [0.15, 0.2) is 39.9 Å². The fourth-order valence-electron chi connectivity index (χ4n) is 4.11. The number of thiophene rings is 1. The third-order valence-electron chi connectivity index (χ3n) is 5.74. The van der Waals surface area contributed by atoms with Crippen LogP contribution in [0.5, 0.6) is 0 Å². The SMILES string of the molecule is CCn1nnc(Cn2c(=O)n(C3CCNCC3)c(=O)c3sc(-c4ccccc4F)cc32)n1. The van der Waals surface area contributed by atoms with Crippen LogP contribution in [0.1, 0.15) is 31.6 Å². The molecule has 4 aromatic rings. The van der Waals surface area contributed by atoms with Gasteiger partial charge < -0.3 is 5.32 Å². The summed E-state index contributed by atoms with van der Waals surface area (Å²) >= 11 is 1.20. The van der Waals surface area contributed by atoms with Crippen LogP contribution in [0.2, 0.25) is 0 Å². The molecule has 11 heteroatoms. The highest BCUT2D eigenvalue weighted by Crippen LogP contribution is 2.33. The Morgan fingerprint density at radius 2 is 2.00 bits per heavy atom. The Labute approximate surface area is 186 Å². The summed E-state index contributed by atoms with van der Waals surface area (Å²) in [6.45, 7) is 4.01. The molecule has 0 radical (unpaired) electrons. The number of halogens is 1. The van der Waals surface area contributed by atoms with E-state index in [9.17, 15) is 14.0 Å². The lowest BCUT2D eigenvalue weighted by molar-refractivity contribution is 0.346. The number of nitrogens with zero attached hydrogens (tertiary/aromatic N) is 6. The van der Waals surface area contributed by atoms with Crippen molar-refractivity contribution in [2.24, 2.45) is 0 Å². The smallest absolute Gasteiger partial charge is 0.317 e. The molecule has 4 heterocycles. The second-order valence-electron chi connectivity index (χ2n) is 7.72. The van der Waals surface area contributed by atoms with Crippen LogP contribution in [-0.2, 0) is 13.1 Å². The monoisotopic (exact) mass is 455 g/mol. The number of aryl methyl sites for hydroxylation is 1. The first-order chi connectivity index (χ1) is 15.6. The van der Waals surface area contributed by atoms with E-state index < -0.39 is 5.69 Å². The fraction of sp³-hybridized carbons (Fsp3) is 0.381. The average Bonchev–Trinajstić information content (AvgIpc) is 3.45. The van der Waals surface area contributed by atoms with Gasteiger partial charge in [-0.25, -0.2) is 9.18 Å². The van der Waals surface area contributed by atoms with E-state index in [0.29, 0.717) is 45.9 Å². The molecule has 1 fully saturated rings. The normalized spacial score (nSPS) is 14.9. The first kappa shape index (κ1) is 20.7. The second kappa shape index (κ2) is 8.40. The Bertz CT molecular complexity index is 1400. The Balaban J connectivity index is 1.73. The zero-order valence-corrected chi connectivity index (χ0v) is 18.3. The molecule has 1 aliphatic heterocycles. The number of tetrazole rings is 1. The van der Waals surface area contributed by atoms with Gasteiger partial charge in [0.05, 0.1) is 18.6 Å². The molecule has 1 aromatic carbocycles. The van der Waals surface area contributed by atoms with Gasteiger partial charge in [-0.1, -0.05) is 18.2 Å². The van der Waals surface area contributed by atoms with Crippen molar-refractivity contribution in [3.63, 3.8) is 0 Å². The highest BCUT2D eigenvalue weighted by Gasteiger charge is 2.24. The number of benzene rings is 1. The molecule has 1 aliphatic rings. The average molecular weight is 456 g/mol. The first-order valence-corrected chi connectivity index (χ1v) is 11.4. The fourth-order valence-corrected chi connectivity index (χ4v) is 5.24. The molecule has 0 bridgehead atoms. The molecule has 0 amide bonds. The van der Waals surface area contributed by atoms with E-state index >= 15 is 0 Å². The Morgan fingerprint density at radius 3 is 2.72 bits per heavy atom. The quantitative estimate of drug-likeness (QED) is 0.494. The van der Waals surface area contributed by atoms with Gasteiger partial charge in [0.1, 0.15) is 10.5 Å². The van der Waals surface area contributed by atoms with Crippen LogP contribution in [0, 0.1) is 5.82 Å². The lowest BCUT2D eigenvalue weighted by Crippen LogP contribution is -2.45. The molecule has 32 heavy (non-hydrogen) atoms. The van der Waals surface area contributed by atoms with Crippen LogP contribution in [0.25, 0.3) is 20.7 Å². The van der Waals surface area contributed by atoms with Gasteiger partial charge >= 0.3 is 5.69 Å². The maximum atomic E-state index is 14.5. The Morgan fingerprint density at radius 1 is 1.22 bits per heavy atom. The molecule has 0 unspecified atom stereocenters. The number of nitrogens with one attached hydrogen (secondary N) is 1.